The lowest BCUT2D eigenvalue weighted by Gasteiger charge is -2.19. The summed E-state index contributed by atoms with van der Waals surface area (Å²) in [5.74, 6) is 0.0554. The van der Waals surface area contributed by atoms with Crippen molar-refractivity contribution in [2.45, 2.75) is 44.9 Å². The second kappa shape index (κ2) is 7.21. The smallest absolute Gasteiger partial charge is 0.169 e. The highest BCUT2D eigenvalue weighted by molar-refractivity contribution is 9.10. The second-order valence-electron chi connectivity index (χ2n) is 5.37. The molecular weight excluding hydrogens is 323 g/mol. The summed E-state index contributed by atoms with van der Waals surface area (Å²) in [5.41, 5.74) is 0.492. The highest BCUT2D eigenvalue weighted by Gasteiger charge is 2.24. The van der Waals surface area contributed by atoms with E-state index in [1.54, 1.807) is 6.07 Å². The topological polar surface area (TPSA) is 26.3 Å². The summed E-state index contributed by atoms with van der Waals surface area (Å²) >= 11 is 3.15. The molecular formula is C16H20BrFO2. The van der Waals surface area contributed by atoms with Crippen LogP contribution in [-0.2, 0) is 0 Å². The van der Waals surface area contributed by atoms with E-state index in [2.05, 4.69) is 15.9 Å². The standard InChI is InChI=1S/C16H20BrFO2/c1-20-15-10-14(18)13(17)9-12(15)16(19)11-7-5-3-2-4-6-8-11/h9-11H,2-8H2,1H3. The van der Waals surface area contributed by atoms with Crippen LogP contribution >= 0.6 is 15.9 Å². The summed E-state index contributed by atoms with van der Waals surface area (Å²) in [7, 11) is 1.47. The van der Waals surface area contributed by atoms with Crippen LogP contribution < -0.4 is 4.74 Å². The average Bonchev–Trinajstić information content (AvgIpc) is 2.40. The largest absolute Gasteiger partial charge is 0.496 e. The lowest BCUT2D eigenvalue weighted by atomic mass is 9.85. The third kappa shape index (κ3) is 3.60. The quantitative estimate of drug-likeness (QED) is 0.711. The molecule has 1 fully saturated rings. The van der Waals surface area contributed by atoms with Crippen LogP contribution in [0, 0.1) is 11.7 Å². The molecule has 0 atom stereocenters. The summed E-state index contributed by atoms with van der Waals surface area (Å²) in [5, 5.41) is 0. The highest BCUT2D eigenvalue weighted by atomic mass is 79.9. The predicted molar refractivity (Wildman–Crippen MR) is 80.8 cm³/mol. The van der Waals surface area contributed by atoms with Crippen molar-refractivity contribution in [3.63, 3.8) is 0 Å². The Morgan fingerprint density at radius 2 is 1.80 bits per heavy atom. The van der Waals surface area contributed by atoms with E-state index in [0.29, 0.717) is 15.8 Å². The molecule has 0 heterocycles. The number of carbonyl (C=O) groups is 1. The van der Waals surface area contributed by atoms with E-state index >= 15 is 0 Å². The number of halogens is 2. The van der Waals surface area contributed by atoms with Crippen molar-refractivity contribution in [2.75, 3.05) is 7.11 Å². The van der Waals surface area contributed by atoms with Crippen LogP contribution in [0.2, 0.25) is 0 Å². The third-order valence-electron chi connectivity index (χ3n) is 3.98. The number of rotatable bonds is 3. The minimum Gasteiger partial charge on any atom is -0.496 e. The Balaban J connectivity index is 2.24. The van der Waals surface area contributed by atoms with E-state index in [1.165, 1.54) is 32.4 Å². The first-order valence-electron chi connectivity index (χ1n) is 7.20. The van der Waals surface area contributed by atoms with Gasteiger partial charge in [0, 0.05) is 12.0 Å². The molecule has 4 heteroatoms. The van der Waals surface area contributed by atoms with Crippen molar-refractivity contribution in [3.05, 3.63) is 28.0 Å². The van der Waals surface area contributed by atoms with E-state index in [-0.39, 0.29) is 11.7 Å². The van der Waals surface area contributed by atoms with Crippen LogP contribution in [-0.4, -0.2) is 12.9 Å². The van der Waals surface area contributed by atoms with E-state index in [0.717, 1.165) is 25.7 Å². The van der Waals surface area contributed by atoms with E-state index in [1.807, 2.05) is 0 Å². The molecule has 0 saturated heterocycles. The van der Waals surface area contributed by atoms with Crippen LogP contribution in [0.25, 0.3) is 0 Å². The molecule has 20 heavy (non-hydrogen) atoms. The Hall–Kier alpha value is -0.900. The molecule has 0 bridgehead atoms. The van der Waals surface area contributed by atoms with E-state index in [9.17, 15) is 9.18 Å². The molecule has 0 amide bonds. The highest BCUT2D eigenvalue weighted by Crippen LogP contribution is 2.32. The third-order valence-corrected chi connectivity index (χ3v) is 4.59. The molecule has 2 rings (SSSR count). The van der Waals surface area contributed by atoms with Gasteiger partial charge in [0.25, 0.3) is 0 Å². The van der Waals surface area contributed by atoms with Crippen LogP contribution in [0.4, 0.5) is 4.39 Å². The monoisotopic (exact) mass is 342 g/mol. The number of hydrogen-bond donors (Lipinski definition) is 0. The fourth-order valence-corrected chi connectivity index (χ4v) is 3.17. The predicted octanol–water partition coefficient (Wildman–Crippen LogP) is 5.14. The van der Waals surface area contributed by atoms with Crippen molar-refractivity contribution >= 4 is 21.7 Å². The first kappa shape index (κ1) is 15.5. The van der Waals surface area contributed by atoms with Gasteiger partial charge in [-0.3, -0.25) is 4.79 Å². The number of hydrogen-bond acceptors (Lipinski definition) is 2. The summed E-state index contributed by atoms with van der Waals surface area (Å²) in [6.07, 6.45) is 7.73. The summed E-state index contributed by atoms with van der Waals surface area (Å²) < 4.78 is 19.0. The van der Waals surface area contributed by atoms with Crippen LogP contribution in [0.3, 0.4) is 0 Å². The Morgan fingerprint density at radius 1 is 1.20 bits per heavy atom. The molecule has 1 saturated carbocycles. The average molecular weight is 343 g/mol. The normalized spacial score (nSPS) is 17.4. The lowest BCUT2D eigenvalue weighted by molar-refractivity contribution is 0.0895. The molecule has 1 aromatic rings. The molecule has 0 aromatic heterocycles. The SMILES string of the molecule is COc1cc(F)c(Br)cc1C(=O)C1CCCCCCC1. The van der Waals surface area contributed by atoms with Crippen molar-refractivity contribution in [3.8, 4) is 5.75 Å². The van der Waals surface area contributed by atoms with Gasteiger partial charge in [-0.1, -0.05) is 32.1 Å². The van der Waals surface area contributed by atoms with Crippen LogP contribution in [0.15, 0.2) is 16.6 Å². The van der Waals surface area contributed by atoms with Gasteiger partial charge < -0.3 is 4.74 Å². The Kier molecular flexibility index (Phi) is 5.58. The van der Waals surface area contributed by atoms with Crippen molar-refractivity contribution < 1.29 is 13.9 Å². The van der Waals surface area contributed by atoms with Gasteiger partial charge in [-0.2, -0.15) is 0 Å². The van der Waals surface area contributed by atoms with E-state index in [4.69, 9.17) is 4.74 Å². The van der Waals surface area contributed by atoms with Crippen LogP contribution in [0.5, 0.6) is 5.75 Å². The molecule has 0 spiro atoms. The van der Waals surface area contributed by atoms with Gasteiger partial charge >= 0.3 is 0 Å². The van der Waals surface area contributed by atoms with Gasteiger partial charge in [-0.25, -0.2) is 4.39 Å². The summed E-state index contributed by atoms with van der Waals surface area (Å²) in [6.45, 7) is 0. The zero-order valence-electron chi connectivity index (χ0n) is 11.8. The zero-order valence-corrected chi connectivity index (χ0v) is 13.3. The molecule has 0 N–H and O–H groups in total. The molecule has 110 valence electrons. The second-order valence-corrected chi connectivity index (χ2v) is 6.23. The first-order chi connectivity index (χ1) is 9.63. The number of carbonyl (C=O) groups excluding carboxylic acids is 1. The van der Waals surface area contributed by atoms with Gasteiger partial charge in [0.05, 0.1) is 17.1 Å². The maximum absolute atomic E-state index is 13.5. The van der Waals surface area contributed by atoms with Crippen molar-refractivity contribution in [2.24, 2.45) is 5.92 Å². The Bertz CT molecular complexity index is 480. The molecule has 1 aliphatic rings. The fourth-order valence-electron chi connectivity index (χ4n) is 2.83. The Labute approximate surface area is 127 Å². The van der Waals surface area contributed by atoms with Crippen LogP contribution in [0.1, 0.15) is 55.3 Å². The number of ketones is 1. The maximum atomic E-state index is 13.5. The molecule has 0 unspecified atom stereocenters. The van der Waals surface area contributed by atoms with Crippen molar-refractivity contribution in [1.29, 1.82) is 0 Å². The van der Waals surface area contributed by atoms with Gasteiger partial charge in [-0.05, 0) is 34.8 Å². The van der Waals surface area contributed by atoms with Gasteiger partial charge in [-0.15, -0.1) is 0 Å². The number of ether oxygens (including phenoxy) is 1. The number of benzene rings is 1. The molecule has 1 aromatic carbocycles. The minimum absolute atomic E-state index is 0.0431. The summed E-state index contributed by atoms with van der Waals surface area (Å²) in [6, 6.07) is 2.83. The maximum Gasteiger partial charge on any atom is 0.169 e. The Morgan fingerprint density at radius 3 is 2.40 bits per heavy atom. The van der Waals surface area contributed by atoms with Gasteiger partial charge in [0.2, 0.25) is 0 Å². The molecule has 2 nitrogen and oxygen atoms in total. The van der Waals surface area contributed by atoms with Crippen molar-refractivity contribution in [1.82, 2.24) is 0 Å². The van der Waals surface area contributed by atoms with E-state index < -0.39 is 5.82 Å². The van der Waals surface area contributed by atoms with Gasteiger partial charge in [0.15, 0.2) is 5.78 Å². The molecule has 0 aliphatic heterocycles. The zero-order chi connectivity index (χ0) is 14.5. The van der Waals surface area contributed by atoms with Gasteiger partial charge in [0.1, 0.15) is 11.6 Å². The first-order valence-corrected chi connectivity index (χ1v) is 8.00. The molecule has 1 aliphatic carbocycles. The number of methoxy groups -OCH3 is 1. The number of Topliss-reactive ketones (excluding diaryl/α,β-unsaturated/α-hetero) is 1. The summed E-state index contributed by atoms with van der Waals surface area (Å²) in [4.78, 5) is 12.7. The fraction of sp³-hybridized carbons (Fsp3) is 0.562. The minimum atomic E-state index is -0.406. The lowest BCUT2D eigenvalue weighted by Crippen LogP contribution is -2.17. The molecule has 0 radical (unpaired) electrons.